The molecule has 0 radical (unpaired) electrons. The standard InChI is InChI=1S/C18H24N2O5/c1-12(21)8-9-15(18(24)25)20-17(23)11-10-16(22)19-13(2)14-6-4-3-5-7-14/h3-7,13,15H,8-11H2,1-2H3,(H,19,22)(H,20,23)(H,24,25)/t13-,15-/m1/s1. The van der Waals surface area contributed by atoms with E-state index in [1.54, 1.807) is 0 Å². The molecule has 0 fully saturated rings. The Hall–Kier alpha value is -2.70. The van der Waals surface area contributed by atoms with Gasteiger partial charge in [-0.25, -0.2) is 4.79 Å². The van der Waals surface area contributed by atoms with E-state index in [0.717, 1.165) is 5.56 Å². The fourth-order valence-corrected chi connectivity index (χ4v) is 2.24. The van der Waals surface area contributed by atoms with Gasteiger partial charge in [-0.05, 0) is 25.8 Å². The van der Waals surface area contributed by atoms with Crippen LogP contribution >= 0.6 is 0 Å². The van der Waals surface area contributed by atoms with Crippen molar-refractivity contribution in [2.45, 2.75) is 51.6 Å². The first-order valence-electron chi connectivity index (χ1n) is 8.15. The van der Waals surface area contributed by atoms with E-state index in [9.17, 15) is 19.2 Å². The fourth-order valence-electron chi connectivity index (χ4n) is 2.24. The van der Waals surface area contributed by atoms with E-state index in [2.05, 4.69) is 10.6 Å². The Balaban J connectivity index is 2.40. The van der Waals surface area contributed by atoms with Gasteiger partial charge in [0.2, 0.25) is 11.8 Å². The number of nitrogens with one attached hydrogen (secondary N) is 2. The molecule has 0 bridgehead atoms. The Morgan fingerprint density at radius 1 is 0.960 bits per heavy atom. The van der Waals surface area contributed by atoms with Gasteiger partial charge in [-0.1, -0.05) is 30.3 Å². The Morgan fingerprint density at radius 3 is 2.04 bits per heavy atom. The zero-order chi connectivity index (χ0) is 18.8. The molecule has 0 aliphatic carbocycles. The maximum Gasteiger partial charge on any atom is 0.326 e. The average Bonchev–Trinajstić information content (AvgIpc) is 2.57. The zero-order valence-corrected chi connectivity index (χ0v) is 14.5. The van der Waals surface area contributed by atoms with Crippen LogP contribution in [-0.2, 0) is 19.2 Å². The number of carboxylic acid groups (broad SMARTS) is 1. The van der Waals surface area contributed by atoms with Crippen molar-refractivity contribution < 1.29 is 24.3 Å². The number of carbonyl (C=O) groups excluding carboxylic acids is 3. The first-order chi connectivity index (χ1) is 11.8. The van der Waals surface area contributed by atoms with Gasteiger partial charge in [0, 0.05) is 19.3 Å². The van der Waals surface area contributed by atoms with E-state index in [1.807, 2.05) is 37.3 Å². The molecule has 1 aromatic rings. The maximum atomic E-state index is 11.9. The molecule has 2 atom stereocenters. The van der Waals surface area contributed by atoms with Crippen molar-refractivity contribution in [3.8, 4) is 0 Å². The molecule has 3 N–H and O–H groups in total. The van der Waals surface area contributed by atoms with Gasteiger partial charge in [-0.2, -0.15) is 0 Å². The van der Waals surface area contributed by atoms with Crippen LogP contribution in [0.1, 0.15) is 51.1 Å². The van der Waals surface area contributed by atoms with Gasteiger partial charge in [0.15, 0.2) is 0 Å². The van der Waals surface area contributed by atoms with E-state index in [4.69, 9.17) is 5.11 Å². The summed E-state index contributed by atoms with van der Waals surface area (Å²) in [5.74, 6) is -2.16. The van der Waals surface area contributed by atoms with Crippen molar-refractivity contribution in [1.29, 1.82) is 0 Å². The summed E-state index contributed by atoms with van der Waals surface area (Å²) < 4.78 is 0. The lowest BCUT2D eigenvalue weighted by molar-refractivity contribution is -0.142. The number of carboxylic acids is 1. The van der Waals surface area contributed by atoms with E-state index in [0.29, 0.717) is 0 Å². The zero-order valence-electron chi connectivity index (χ0n) is 14.5. The summed E-state index contributed by atoms with van der Waals surface area (Å²) in [6.45, 7) is 3.20. The summed E-state index contributed by atoms with van der Waals surface area (Å²) in [5, 5.41) is 14.2. The highest BCUT2D eigenvalue weighted by molar-refractivity contribution is 5.87. The molecule has 7 heteroatoms. The summed E-state index contributed by atoms with van der Waals surface area (Å²) in [5.41, 5.74) is 0.954. The van der Waals surface area contributed by atoms with Crippen LogP contribution in [0.15, 0.2) is 30.3 Å². The van der Waals surface area contributed by atoms with Crippen LogP contribution in [-0.4, -0.2) is 34.7 Å². The van der Waals surface area contributed by atoms with Gasteiger partial charge in [-0.15, -0.1) is 0 Å². The third kappa shape index (κ3) is 8.10. The summed E-state index contributed by atoms with van der Waals surface area (Å²) in [6, 6.07) is 8.11. The van der Waals surface area contributed by atoms with Crippen molar-refractivity contribution in [3.63, 3.8) is 0 Å². The predicted molar refractivity (Wildman–Crippen MR) is 91.7 cm³/mol. The Bertz CT molecular complexity index is 615. The van der Waals surface area contributed by atoms with Gasteiger partial charge < -0.3 is 20.5 Å². The Kier molecular flexibility index (Phi) is 8.32. The van der Waals surface area contributed by atoms with Gasteiger partial charge in [0.05, 0.1) is 6.04 Å². The first kappa shape index (κ1) is 20.3. The summed E-state index contributed by atoms with van der Waals surface area (Å²) in [4.78, 5) is 45.8. The molecule has 136 valence electrons. The van der Waals surface area contributed by atoms with E-state index in [1.165, 1.54) is 6.92 Å². The molecule has 0 spiro atoms. The second-order valence-corrected chi connectivity index (χ2v) is 5.90. The number of ketones is 1. The van der Waals surface area contributed by atoms with Crippen molar-refractivity contribution >= 4 is 23.6 Å². The summed E-state index contributed by atoms with van der Waals surface area (Å²) in [6.07, 6.45) is -0.0424. The quantitative estimate of drug-likeness (QED) is 0.594. The van der Waals surface area contributed by atoms with Crippen LogP contribution in [0.2, 0.25) is 0 Å². The fraction of sp³-hybridized carbons (Fsp3) is 0.444. The number of hydrogen-bond acceptors (Lipinski definition) is 4. The van der Waals surface area contributed by atoms with Crippen molar-refractivity contribution in [2.24, 2.45) is 0 Å². The molecule has 0 heterocycles. The van der Waals surface area contributed by atoms with Crippen molar-refractivity contribution in [2.75, 3.05) is 0 Å². The lowest BCUT2D eigenvalue weighted by Crippen LogP contribution is -2.41. The molecule has 7 nitrogen and oxygen atoms in total. The highest BCUT2D eigenvalue weighted by atomic mass is 16.4. The molecular weight excluding hydrogens is 324 g/mol. The number of carbonyl (C=O) groups is 4. The monoisotopic (exact) mass is 348 g/mol. The van der Waals surface area contributed by atoms with Crippen molar-refractivity contribution in [3.05, 3.63) is 35.9 Å². The molecule has 1 aromatic carbocycles. The lowest BCUT2D eigenvalue weighted by atomic mass is 10.1. The summed E-state index contributed by atoms with van der Waals surface area (Å²) in [7, 11) is 0. The first-order valence-corrected chi connectivity index (χ1v) is 8.15. The van der Waals surface area contributed by atoms with Crippen LogP contribution in [0, 0.1) is 0 Å². The van der Waals surface area contributed by atoms with Gasteiger partial charge in [0.1, 0.15) is 11.8 Å². The van der Waals surface area contributed by atoms with Gasteiger partial charge in [0.25, 0.3) is 0 Å². The van der Waals surface area contributed by atoms with Crippen LogP contribution in [0.25, 0.3) is 0 Å². The van der Waals surface area contributed by atoms with E-state index in [-0.39, 0.29) is 43.4 Å². The maximum absolute atomic E-state index is 11.9. The molecule has 0 unspecified atom stereocenters. The molecule has 0 saturated carbocycles. The number of rotatable bonds is 10. The number of Topliss-reactive ketones (excluding diaryl/α,β-unsaturated/α-hetero) is 1. The minimum atomic E-state index is -1.20. The molecule has 2 amide bonds. The predicted octanol–water partition coefficient (Wildman–Crippen LogP) is 1.58. The Morgan fingerprint density at radius 2 is 1.52 bits per heavy atom. The largest absolute Gasteiger partial charge is 0.480 e. The molecular formula is C18H24N2O5. The minimum Gasteiger partial charge on any atom is -0.480 e. The number of benzene rings is 1. The smallest absolute Gasteiger partial charge is 0.326 e. The SMILES string of the molecule is CC(=O)CC[C@@H](NC(=O)CCC(=O)N[C@H](C)c1ccccc1)C(=O)O. The van der Waals surface area contributed by atoms with Crippen LogP contribution in [0.3, 0.4) is 0 Å². The molecule has 0 aliphatic heterocycles. The normalized spacial score (nSPS) is 12.7. The third-order valence-electron chi connectivity index (χ3n) is 3.67. The average molecular weight is 348 g/mol. The van der Waals surface area contributed by atoms with Gasteiger partial charge >= 0.3 is 5.97 Å². The van der Waals surface area contributed by atoms with Crippen LogP contribution in [0.4, 0.5) is 0 Å². The van der Waals surface area contributed by atoms with Crippen LogP contribution < -0.4 is 10.6 Å². The van der Waals surface area contributed by atoms with Crippen LogP contribution in [0.5, 0.6) is 0 Å². The summed E-state index contributed by atoms with van der Waals surface area (Å²) >= 11 is 0. The minimum absolute atomic E-state index is 0.0354. The lowest BCUT2D eigenvalue weighted by Gasteiger charge is -2.15. The number of aliphatic carboxylic acids is 1. The highest BCUT2D eigenvalue weighted by Gasteiger charge is 2.20. The molecule has 1 rings (SSSR count). The van der Waals surface area contributed by atoms with Crippen molar-refractivity contribution in [1.82, 2.24) is 10.6 Å². The molecule has 0 aliphatic rings. The molecule has 0 aromatic heterocycles. The number of amides is 2. The second-order valence-electron chi connectivity index (χ2n) is 5.90. The van der Waals surface area contributed by atoms with E-state index < -0.39 is 17.9 Å². The van der Waals surface area contributed by atoms with E-state index >= 15 is 0 Å². The topological polar surface area (TPSA) is 113 Å². The molecule has 25 heavy (non-hydrogen) atoms. The van der Waals surface area contributed by atoms with Gasteiger partial charge in [-0.3, -0.25) is 9.59 Å². The number of hydrogen-bond donors (Lipinski definition) is 3. The third-order valence-corrected chi connectivity index (χ3v) is 3.67. The second kappa shape index (κ2) is 10.2. The highest BCUT2D eigenvalue weighted by Crippen LogP contribution is 2.11. The Labute approximate surface area is 146 Å². The molecule has 0 saturated heterocycles.